The zero-order valence-electron chi connectivity index (χ0n) is 11.2. The summed E-state index contributed by atoms with van der Waals surface area (Å²) in [4.78, 5) is 3.75. The quantitative estimate of drug-likeness (QED) is 0.841. The second-order valence-electron chi connectivity index (χ2n) is 4.23. The van der Waals surface area contributed by atoms with Crippen LogP contribution >= 0.6 is 15.9 Å². The number of para-hydroxylation sites is 1. The predicted molar refractivity (Wildman–Crippen MR) is 84.3 cm³/mol. The van der Waals surface area contributed by atoms with Crippen molar-refractivity contribution < 1.29 is 13.2 Å². The molecule has 0 amide bonds. The summed E-state index contributed by atoms with van der Waals surface area (Å²) < 4.78 is 33.0. The maximum atomic E-state index is 12.4. The molecule has 0 saturated heterocycles. The fourth-order valence-corrected chi connectivity index (χ4v) is 3.44. The van der Waals surface area contributed by atoms with Crippen LogP contribution in [0.15, 0.2) is 45.9 Å². The molecule has 1 heterocycles. The van der Waals surface area contributed by atoms with Gasteiger partial charge in [0.25, 0.3) is 10.0 Å². The molecule has 2 aromatic rings. The van der Waals surface area contributed by atoms with Gasteiger partial charge in [0.2, 0.25) is 0 Å². The van der Waals surface area contributed by atoms with Crippen LogP contribution in [0.2, 0.25) is 0 Å². The molecule has 1 aromatic carbocycles. The molecule has 0 atom stereocenters. The number of hydrogen-bond donors (Lipinski definition) is 2. The van der Waals surface area contributed by atoms with Gasteiger partial charge in [-0.05, 0) is 28.1 Å². The third-order valence-electron chi connectivity index (χ3n) is 2.70. The van der Waals surface area contributed by atoms with E-state index in [1.54, 1.807) is 31.4 Å². The van der Waals surface area contributed by atoms with Crippen molar-refractivity contribution >= 4 is 37.5 Å². The number of nitrogens with zero attached hydrogens (tertiary/aromatic N) is 1. The third kappa shape index (κ3) is 3.72. The predicted octanol–water partition coefficient (Wildman–Crippen LogP) is 2.37. The van der Waals surface area contributed by atoms with Crippen molar-refractivity contribution in [2.24, 2.45) is 0 Å². The molecule has 112 valence electrons. The molecule has 0 fully saturated rings. The monoisotopic (exact) mass is 371 g/mol. The molecular weight excluding hydrogens is 358 g/mol. The summed E-state index contributed by atoms with van der Waals surface area (Å²) in [5.74, 6) is -0.0603. The lowest BCUT2D eigenvalue weighted by atomic mass is 10.2. The summed E-state index contributed by atoms with van der Waals surface area (Å²) in [5.41, 5.74) is 6.82. The second kappa shape index (κ2) is 6.42. The average molecular weight is 372 g/mol. The van der Waals surface area contributed by atoms with E-state index in [4.69, 9.17) is 10.5 Å². The maximum Gasteiger partial charge on any atom is 0.265 e. The fourth-order valence-electron chi connectivity index (χ4n) is 1.75. The maximum absolute atomic E-state index is 12.4. The molecule has 1 aromatic heterocycles. The van der Waals surface area contributed by atoms with E-state index in [2.05, 4.69) is 25.6 Å². The number of nitrogens with one attached hydrogen (secondary N) is 1. The van der Waals surface area contributed by atoms with Gasteiger partial charge in [-0.15, -0.1) is 0 Å². The van der Waals surface area contributed by atoms with Crippen LogP contribution in [0, 0.1) is 0 Å². The summed E-state index contributed by atoms with van der Waals surface area (Å²) in [6.45, 7) is 0.297. The lowest BCUT2D eigenvalue weighted by Crippen LogP contribution is -2.16. The summed E-state index contributed by atoms with van der Waals surface area (Å²) in [6.07, 6.45) is 1.44. The van der Waals surface area contributed by atoms with Gasteiger partial charge in [-0.25, -0.2) is 13.4 Å². The Balaban J connectivity index is 2.40. The highest BCUT2D eigenvalue weighted by Crippen LogP contribution is 2.25. The highest BCUT2D eigenvalue weighted by atomic mass is 79.9. The number of hydrogen-bond acceptors (Lipinski definition) is 5. The Morgan fingerprint density at radius 2 is 2.10 bits per heavy atom. The summed E-state index contributed by atoms with van der Waals surface area (Å²) in [6, 6.07) is 8.39. The molecule has 0 unspecified atom stereocenters. The first-order valence-corrected chi connectivity index (χ1v) is 8.22. The number of nitrogen functional groups attached to an aromatic ring is 1. The van der Waals surface area contributed by atoms with E-state index < -0.39 is 10.0 Å². The molecule has 0 bridgehead atoms. The van der Waals surface area contributed by atoms with Crippen LogP contribution in [-0.2, 0) is 21.4 Å². The molecule has 0 radical (unpaired) electrons. The topological polar surface area (TPSA) is 94.3 Å². The lowest BCUT2D eigenvalue weighted by Gasteiger charge is -2.13. The van der Waals surface area contributed by atoms with Crippen LogP contribution in [0.3, 0.4) is 0 Å². The molecule has 0 aliphatic heterocycles. The van der Waals surface area contributed by atoms with Gasteiger partial charge in [-0.2, -0.15) is 0 Å². The summed E-state index contributed by atoms with van der Waals surface area (Å²) >= 11 is 3.18. The van der Waals surface area contributed by atoms with Crippen LogP contribution in [0.4, 0.5) is 11.5 Å². The van der Waals surface area contributed by atoms with Gasteiger partial charge in [0, 0.05) is 23.3 Å². The standard InChI is InChI=1S/C13H14BrN3O3S/c1-20-8-9-4-2-3-5-11(9)17-21(18,19)12-6-10(14)7-16-13(12)15/h2-7,17H,8H2,1H3,(H2,15,16). The van der Waals surface area contributed by atoms with Crippen molar-refractivity contribution in [1.82, 2.24) is 4.98 Å². The molecule has 21 heavy (non-hydrogen) atoms. The number of aromatic nitrogens is 1. The number of ether oxygens (including phenoxy) is 1. The lowest BCUT2D eigenvalue weighted by molar-refractivity contribution is 0.185. The van der Waals surface area contributed by atoms with Gasteiger partial charge in [0.1, 0.15) is 10.7 Å². The molecule has 2 rings (SSSR count). The smallest absolute Gasteiger partial charge is 0.265 e. The number of nitrogens with two attached hydrogens (primary N) is 1. The van der Waals surface area contributed by atoms with E-state index in [1.807, 2.05) is 0 Å². The molecule has 0 spiro atoms. The number of sulfonamides is 1. The first kappa shape index (κ1) is 15.7. The minimum Gasteiger partial charge on any atom is -0.383 e. The van der Waals surface area contributed by atoms with Gasteiger partial charge in [0.05, 0.1) is 12.3 Å². The van der Waals surface area contributed by atoms with Gasteiger partial charge < -0.3 is 10.5 Å². The fraction of sp³-hybridized carbons (Fsp3) is 0.154. The molecule has 0 aliphatic rings. The van der Waals surface area contributed by atoms with Crippen molar-refractivity contribution in [1.29, 1.82) is 0 Å². The van der Waals surface area contributed by atoms with E-state index in [0.717, 1.165) is 5.56 Å². The Labute approximate surface area is 131 Å². The van der Waals surface area contributed by atoms with E-state index in [0.29, 0.717) is 16.8 Å². The first-order chi connectivity index (χ1) is 9.94. The Morgan fingerprint density at radius 3 is 2.81 bits per heavy atom. The minimum absolute atomic E-state index is 0.0603. The van der Waals surface area contributed by atoms with E-state index in [-0.39, 0.29) is 10.7 Å². The Morgan fingerprint density at radius 1 is 1.38 bits per heavy atom. The van der Waals surface area contributed by atoms with E-state index in [9.17, 15) is 8.42 Å². The number of rotatable bonds is 5. The SMILES string of the molecule is COCc1ccccc1NS(=O)(=O)c1cc(Br)cnc1N. The number of benzene rings is 1. The van der Waals surface area contributed by atoms with Crippen LogP contribution in [0.5, 0.6) is 0 Å². The zero-order valence-corrected chi connectivity index (χ0v) is 13.6. The first-order valence-electron chi connectivity index (χ1n) is 5.94. The second-order valence-corrected chi connectivity index (χ2v) is 6.80. The van der Waals surface area contributed by atoms with Gasteiger partial charge in [-0.3, -0.25) is 4.72 Å². The summed E-state index contributed by atoms with van der Waals surface area (Å²) in [5, 5.41) is 0. The Hall–Kier alpha value is -1.64. The normalized spacial score (nSPS) is 11.3. The molecule has 3 N–H and O–H groups in total. The Kier molecular flexibility index (Phi) is 4.81. The zero-order chi connectivity index (χ0) is 15.5. The van der Waals surface area contributed by atoms with Crippen molar-refractivity contribution in [3.63, 3.8) is 0 Å². The molecule has 0 aliphatic carbocycles. The van der Waals surface area contributed by atoms with Gasteiger partial charge in [-0.1, -0.05) is 18.2 Å². The van der Waals surface area contributed by atoms with Crippen LogP contribution < -0.4 is 10.5 Å². The average Bonchev–Trinajstić information content (AvgIpc) is 2.43. The largest absolute Gasteiger partial charge is 0.383 e. The molecule has 8 heteroatoms. The third-order valence-corrected chi connectivity index (χ3v) is 4.53. The van der Waals surface area contributed by atoms with Gasteiger partial charge in [0.15, 0.2) is 0 Å². The number of halogens is 1. The molecular formula is C13H14BrN3O3S. The highest BCUT2D eigenvalue weighted by Gasteiger charge is 2.20. The minimum atomic E-state index is -3.83. The molecule has 0 saturated carbocycles. The van der Waals surface area contributed by atoms with Crippen molar-refractivity contribution in [3.05, 3.63) is 46.6 Å². The summed E-state index contributed by atoms with van der Waals surface area (Å²) in [7, 11) is -2.29. The molecule has 6 nitrogen and oxygen atoms in total. The number of pyridine rings is 1. The van der Waals surface area contributed by atoms with Crippen LogP contribution in [0.25, 0.3) is 0 Å². The van der Waals surface area contributed by atoms with E-state index in [1.165, 1.54) is 12.3 Å². The van der Waals surface area contributed by atoms with Crippen molar-refractivity contribution in [2.45, 2.75) is 11.5 Å². The van der Waals surface area contributed by atoms with Crippen molar-refractivity contribution in [3.8, 4) is 0 Å². The Bertz CT molecular complexity index is 750. The van der Waals surface area contributed by atoms with Crippen LogP contribution in [-0.4, -0.2) is 20.5 Å². The highest BCUT2D eigenvalue weighted by molar-refractivity contribution is 9.10. The van der Waals surface area contributed by atoms with Crippen LogP contribution in [0.1, 0.15) is 5.56 Å². The van der Waals surface area contributed by atoms with E-state index >= 15 is 0 Å². The number of methoxy groups -OCH3 is 1. The van der Waals surface area contributed by atoms with Crippen molar-refractivity contribution in [2.75, 3.05) is 17.6 Å². The van der Waals surface area contributed by atoms with Gasteiger partial charge >= 0.3 is 0 Å². The number of anilines is 2.